The van der Waals surface area contributed by atoms with Crippen LogP contribution in [0, 0.1) is 5.41 Å². The number of ether oxygens (including phenoxy) is 1. The Kier molecular flexibility index (Phi) is 2.68. The molecule has 2 aliphatic rings. The first-order chi connectivity index (χ1) is 7.41. The molecule has 0 saturated heterocycles. The highest BCUT2D eigenvalue weighted by molar-refractivity contribution is 5.94. The van der Waals surface area contributed by atoms with Crippen molar-refractivity contribution in [3.8, 4) is 0 Å². The highest BCUT2D eigenvalue weighted by atomic mass is 16.6. The van der Waals surface area contributed by atoms with Crippen LogP contribution in [0.5, 0.6) is 0 Å². The van der Waals surface area contributed by atoms with Gasteiger partial charge in [0.2, 0.25) is 0 Å². The molecule has 0 atom stereocenters. The Hall–Kier alpha value is -1.06. The van der Waals surface area contributed by atoms with E-state index in [1.165, 1.54) is 31.4 Å². The zero-order chi connectivity index (χ0) is 11.8. The van der Waals surface area contributed by atoms with Crippen molar-refractivity contribution in [1.29, 1.82) is 0 Å². The van der Waals surface area contributed by atoms with Crippen molar-refractivity contribution in [2.75, 3.05) is 0 Å². The topological polar surface area (TPSA) is 50.7 Å². The lowest BCUT2D eigenvalue weighted by molar-refractivity contribution is 0.0529. The van der Waals surface area contributed by atoms with Crippen molar-refractivity contribution in [1.82, 2.24) is 5.43 Å². The third-order valence-corrected chi connectivity index (χ3v) is 3.22. The highest BCUT2D eigenvalue weighted by Crippen LogP contribution is 2.55. The molecule has 0 heterocycles. The molecule has 2 fully saturated rings. The van der Waals surface area contributed by atoms with Crippen molar-refractivity contribution < 1.29 is 9.53 Å². The van der Waals surface area contributed by atoms with E-state index < -0.39 is 11.7 Å². The SMILES string of the molecule is CC(C)(C)OC(=O)N/N=C1\CCCC12CC2. The summed E-state index contributed by atoms with van der Waals surface area (Å²) in [5.74, 6) is 0. The van der Waals surface area contributed by atoms with Gasteiger partial charge in [-0.05, 0) is 52.9 Å². The number of hydrogen-bond acceptors (Lipinski definition) is 3. The lowest BCUT2D eigenvalue weighted by Crippen LogP contribution is -2.30. The van der Waals surface area contributed by atoms with Crippen molar-refractivity contribution in [3.63, 3.8) is 0 Å². The largest absolute Gasteiger partial charge is 0.443 e. The monoisotopic (exact) mass is 224 g/mol. The van der Waals surface area contributed by atoms with E-state index in [1.54, 1.807) is 0 Å². The molecule has 0 bridgehead atoms. The molecule has 1 amide bonds. The quantitative estimate of drug-likeness (QED) is 0.696. The summed E-state index contributed by atoms with van der Waals surface area (Å²) in [6.45, 7) is 5.53. The second-order valence-electron chi connectivity index (χ2n) is 5.81. The van der Waals surface area contributed by atoms with Crippen molar-refractivity contribution in [2.45, 2.75) is 58.5 Å². The van der Waals surface area contributed by atoms with Crippen LogP contribution in [-0.2, 0) is 4.74 Å². The maximum absolute atomic E-state index is 11.4. The van der Waals surface area contributed by atoms with E-state index in [-0.39, 0.29) is 0 Å². The Morgan fingerprint density at radius 3 is 2.62 bits per heavy atom. The van der Waals surface area contributed by atoms with Crippen LogP contribution in [0.3, 0.4) is 0 Å². The second kappa shape index (κ2) is 3.75. The van der Waals surface area contributed by atoms with Gasteiger partial charge in [-0.2, -0.15) is 5.10 Å². The molecule has 2 saturated carbocycles. The Bertz CT molecular complexity index is 324. The van der Waals surface area contributed by atoms with E-state index in [4.69, 9.17) is 4.74 Å². The summed E-state index contributed by atoms with van der Waals surface area (Å²) in [6, 6.07) is 0. The molecule has 0 aliphatic heterocycles. The maximum atomic E-state index is 11.4. The number of hydrogen-bond donors (Lipinski definition) is 1. The van der Waals surface area contributed by atoms with E-state index in [2.05, 4.69) is 10.5 Å². The third-order valence-electron chi connectivity index (χ3n) is 3.22. The lowest BCUT2D eigenvalue weighted by atomic mass is 10.0. The molecule has 0 aromatic rings. The summed E-state index contributed by atoms with van der Waals surface area (Å²) in [7, 11) is 0. The average molecular weight is 224 g/mol. The predicted octanol–water partition coefficient (Wildman–Crippen LogP) is 2.83. The molecule has 4 nitrogen and oxygen atoms in total. The summed E-state index contributed by atoms with van der Waals surface area (Å²) in [6.07, 6.45) is 5.48. The van der Waals surface area contributed by atoms with Gasteiger partial charge in [0, 0.05) is 11.1 Å². The predicted molar refractivity (Wildman–Crippen MR) is 62.3 cm³/mol. The first kappa shape index (κ1) is 11.4. The van der Waals surface area contributed by atoms with Gasteiger partial charge in [-0.3, -0.25) is 0 Å². The molecule has 0 aromatic heterocycles. The Morgan fingerprint density at radius 1 is 1.38 bits per heavy atom. The summed E-state index contributed by atoms with van der Waals surface area (Å²) >= 11 is 0. The van der Waals surface area contributed by atoms with Gasteiger partial charge in [-0.1, -0.05) is 0 Å². The molecule has 16 heavy (non-hydrogen) atoms. The summed E-state index contributed by atoms with van der Waals surface area (Å²) in [4.78, 5) is 11.4. The van der Waals surface area contributed by atoms with Crippen LogP contribution in [0.1, 0.15) is 52.9 Å². The van der Waals surface area contributed by atoms with Crippen LogP contribution < -0.4 is 5.43 Å². The van der Waals surface area contributed by atoms with Gasteiger partial charge in [-0.25, -0.2) is 10.2 Å². The minimum Gasteiger partial charge on any atom is -0.443 e. The molecular formula is C12H20N2O2. The Labute approximate surface area is 96.4 Å². The number of carbonyl (C=O) groups is 1. The van der Waals surface area contributed by atoms with Gasteiger partial charge in [0.25, 0.3) is 0 Å². The van der Waals surface area contributed by atoms with Crippen LogP contribution in [0.15, 0.2) is 5.10 Å². The minimum atomic E-state index is -0.461. The standard InChI is InChI=1S/C12H20N2O2/c1-11(2,3)16-10(15)14-13-9-5-4-6-12(9)7-8-12/h4-8H2,1-3H3,(H,14,15)/b13-9+. The first-order valence-electron chi connectivity index (χ1n) is 5.97. The van der Waals surface area contributed by atoms with Crippen LogP contribution >= 0.6 is 0 Å². The third kappa shape index (κ3) is 2.54. The molecule has 1 N–H and O–H groups in total. The number of nitrogens with one attached hydrogen (secondary N) is 1. The van der Waals surface area contributed by atoms with E-state index in [0.717, 1.165) is 6.42 Å². The van der Waals surface area contributed by atoms with E-state index in [9.17, 15) is 4.79 Å². The van der Waals surface area contributed by atoms with Crippen LogP contribution in [-0.4, -0.2) is 17.4 Å². The van der Waals surface area contributed by atoms with Crippen LogP contribution in [0.2, 0.25) is 0 Å². The van der Waals surface area contributed by atoms with Gasteiger partial charge < -0.3 is 4.74 Å². The van der Waals surface area contributed by atoms with Crippen molar-refractivity contribution in [3.05, 3.63) is 0 Å². The number of amides is 1. The summed E-state index contributed by atoms with van der Waals surface area (Å²) < 4.78 is 5.13. The van der Waals surface area contributed by atoms with Gasteiger partial charge in [0.05, 0.1) is 0 Å². The van der Waals surface area contributed by atoms with E-state index in [0.29, 0.717) is 5.41 Å². The van der Waals surface area contributed by atoms with Gasteiger partial charge in [-0.15, -0.1) is 0 Å². The van der Waals surface area contributed by atoms with Crippen molar-refractivity contribution >= 4 is 11.8 Å². The summed E-state index contributed by atoms with van der Waals surface area (Å²) in [5, 5.41) is 4.21. The first-order valence-corrected chi connectivity index (χ1v) is 5.97. The second-order valence-corrected chi connectivity index (χ2v) is 5.81. The van der Waals surface area contributed by atoms with Gasteiger partial charge >= 0.3 is 6.09 Å². The molecule has 90 valence electrons. The number of nitrogens with zero attached hydrogens (tertiary/aromatic N) is 1. The van der Waals surface area contributed by atoms with E-state index >= 15 is 0 Å². The fourth-order valence-electron chi connectivity index (χ4n) is 2.28. The normalized spacial score (nSPS) is 24.8. The molecule has 0 radical (unpaired) electrons. The van der Waals surface area contributed by atoms with Gasteiger partial charge in [0.15, 0.2) is 0 Å². The summed E-state index contributed by atoms with van der Waals surface area (Å²) in [5.41, 5.74) is 3.56. The van der Waals surface area contributed by atoms with Gasteiger partial charge in [0.1, 0.15) is 5.60 Å². The zero-order valence-electron chi connectivity index (χ0n) is 10.3. The van der Waals surface area contributed by atoms with Crippen molar-refractivity contribution in [2.24, 2.45) is 10.5 Å². The molecule has 2 aliphatic carbocycles. The molecule has 2 rings (SSSR count). The Balaban J connectivity index is 1.87. The average Bonchev–Trinajstić information content (AvgIpc) is 2.75. The Morgan fingerprint density at radius 2 is 2.06 bits per heavy atom. The molecule has 0 unspecified atom stereocenters. The smallest absolute Gasteiger partial charge is 0.428 e. The highest BCUT2D eigenvalue weighted by Gasteiger charge is 2.49. The minimum absolute atomic E-state index is 0.356. The fourth-order valence-corrected chi connectivity index (χ4v) is 2.28. The maximum Gasteiger partial charge on any atom is 0.428 e. The van der Waals surface area contributed by atoms with E-state index in [1.807, 2.05) is 20.8 Å². The number of carbonyl (C=O) groups excluding carboxylic acids is 1. The molecular weight excluding hydrogens is 204 g/mol. The molecule has 0 aromatic carbocycles. The number of rotatable bonds is 1. The number of hydrazone groups is 1. The molecule has 4 heteroatoms. The fraction of sp³-hybridized carbons (Fsp3) is 0.833. The van der Waals surface area contributed by atoms with Crippen LogP contribution in [0.25, 0.3) is 0 Å². The van der Waals surface area contributed by atoms with Crippen LogP contribution in [0.4, 0.5) is 4.79 Å². The molecule has 1 spiro atoms. The zero-order valence-corrected chi connectivity index (χ0v) is 10.3. The lowest BCUT2D eigenvalue weighted by Gasteiger charge is -2.18.